The molecule has 8 heteroatoms. The number of furan rings is 1. The quantitative estimate of drug-likeness (QED) is 0.744. The Hall–Kier alpha value is -2.35. The van der Waals surface area contributed by atoms with E-state index in [1.807, 2.05) is 36.1 Å². The molecule has 2 atom stereocenters. The summed E-state index contributed by atoms with van der Waals surface area (Å²) in [6, 6.07) is 10.8. The minimum Gasteiger partial charge on any atom is -0.459 e. The monoisotopic (exact) mass is 431 g/mol. The van der Waals surface area contributed by atoms with Gasteiger partial charge in [0.15, 0.2) is 5.76 Å². The van der Waals surface area contributed by atoms with Crippen molar-refractivity contribution >= 4 is 23.4 Å². The summed E-state index contributed by atoms with van der Waals surface area (Å²) in [5.74, 6) is 0.306. The molecule has 4 rings (SSSR count). The standard InChI is InChI=1S/C22H26ClN3O4/c1-16(26-12-14-30-20(15-26)17-4-6-18(23)7-5-17)21(27)24-8-10-25(11-9-24)22(28)19-3-2-13-29-19/h2-7,13,16,20H,8-12,14-15H2,1H3/t16-,20-/m0/s1. The van der Waals surface area contributed by atoms with E-state index in [0.29, 0.717) is 56.7 Å². The molecule has 0 bridgehead atoms. The molecule has 0 saturated carbocycles. The maximum Gasteiger partial charge on any atom is 0.289 e. The molecule has 2 saturated heterocycles. The number of halogens is 1. The van der Waals surface area contributed by atoms with Crippen molar-refractivity contribution in [2.75, 3.05) is 45.9 Å². The molecule has 2 amide bonds. The number of nitrogens with zero attached hydrogens (tertiary/aromatic N) is 3. The third-order valence-electron chi connectivity index (χ3n) is 5.86. The van der Waals surface area contributed by atoms with E-state index in [4.69, 9.17) is 20.8 Å². The molecule has 2 fully saturated rings. The fourth-order valence-corrected chi connectivity index (χ4v) is 4.13. The fraction of sp³-hybridized carbons (Fsp3) is 0.455. The predicted molar refractivity (Wildman–Crippen MR) is 112 cm³/mol. The Kier molecular flexibility index (Phi) is 6.41. The van der Waals surface area contributed by atoms with Crippen LogP contribution in [0.15, 0.2) is 47.1 Å². The maximum atomic E-state index is 13.1. The third-order valence-corrected chi connectivity index (χ3v) is 6.11. The number of hydrogen-bond acceptors (Lipinski definition) is 5. The van der Waals surface area contributed by atoms with Crippen molar-refractivity contribution in [1.82, 2.24) is 14.7 Å². The highest BCUT2D eigenvalue weighted by atomic mass is 35.5. The van der Waals surface area contributed by atoms with E-state index in [1.54, 1.807) is 17.0 Å². The Morgan fingerprint density at radius 3 is 2.40 bits per heavy atom. The van der Waals surface area contributed by atoms with Crippen LogP contribution in [0.1, 0.15) is 29.1 Å². The number of carbonyl (C=O) groups is 2. The van der Waals surface area contributed by atoms with Gasteiger partial charge >= 0.3 is 0 Å². The highest BCUT2D eigenvalue weighted by Crippen LogP contribution is 2.25. The van der Waals surface area contributed by atoms with Gasteiger partial charge in [-0.15, -0.1) is 0 Å². The zero-order chi connectivity index (χ0) is 21.1. The van der Waals surface area contributed by atoms with Gasteiger partial charge in [0.2, 0.25) is 5.91 Å². The van der Waals surface area contributed by atoms with Gasteiger partial charge in [0.1, 0.15) is 0 Å². The first-order chi connectivity index (χ1) is 14.5. The molecule has 0 unspecified atom stereocenters. The van der Waals surface area contributed by atoms with Crippen LogP contribution in [0.25, 0.3) is 0 Å². The second-order valence-electron chi connectivity index (χ2n) is 7.68. The first kappa shape index (κ1) is 20.9. The molecule has 1 aromatic heterocycles. The second kappa shape index (κ2) is 9.20. The van der Waals surface area contributed by atoms with Crippen LogP contribution < -0.4 is 0 Å². The Morgan fingerprint density at radius 1 is 1.03 bits per heavy atom. The zero-order valence-electron chi connectivity index (χ0n) is 17.0. The smallest absolute Gasteiger partial charge is 0.289 e. The molecule has 2 aliphatic heterocycles. The summed E-state index contributed by atoms with van der Waals surface area (Å²) < 4.78 is 11.1. The maximum absolute atomic E-state index is 13.1. The molecule has 3 heterocycles. The van der Waals surface area contributed by atoms with E-state index in [2.05, 4.69) is 4.90 Å². The first-order valence-corrected chi connectivity index (χ1v) is 10.6. The Balaban J connectivity index is 1.32. The number of hydrogen-bond donors (Lipinski definition) is 0. The molecule has 1 aromatic carbocycles. The lowest BCUT2D eigenvalue weighted by Gasteiger charge is -2.40. The fourth-order valence-electron chi connectivity index (χ4n) is 4.01. The number of benzene rings is 1. The normalized spacial score (nSPS) is 21.5. The highest BCUT2D eigenvalue weighted by molar-refractivity contribution is 6.30. The van der Waals surface area contributed by atoms with E-state index in [-0.39, 0.29) is 24.0 Å². The second-order valence-corrected chi connectivity index (χ2v) is 8.11. The van der Waals surface area contributed by atoms with Gasteiger partial charge in [-0.2, -0.15) is 0 Å². The van der Waals surface area contributed by atoms with E-state index in [0.717, 1.165) is 5.56 Å². The van der Waals surface area contributed by atoms with Crippen molar-refractivity contribution in [3.8, 4) is 0 Å². The first-order valence-electron chi connectivity index (χ1n) is 10.3. The number of piperazine rings is 1. The minimum atomic E-state index is -0.240. The minimum absolute atomic E-state index is 0.0750. The van der Waals surface area contributed by atoms with Gasteiger partial charge in [-0.05, 0) is 36.8 Å². The van der Waals surface area contributed by atoms with Crippen molar-refractivity contribution < 1.29 is 18.7 Å². The van der Waals surface area contributed by atoms with Gasteiger partial charge in [-0.3, -0.25) is 14.5 Å². The SMILES string of the molecule is C[C@@H](C(=O)N1CCN(C(=O)c2ccco2)CC1)N1CCO[C@H](c2ccc(Cl)cc2)C1. The van der Waals surface area contributed by atoms with Crippen LogP contribution in [0.3, 0.4) is 0 Å². The number of ether oxygens (including phenoxy) is 1. The van der Waals surface area contributed by atoms with Crippen LogP contribution in [0.4, 0.5) is 0 Å². The largest absolute Gasteiger partial charge is 0.459 e. The molecule has 0 aliphatic carbocycles. The van der Waals surface area contributed by atoms with Gasteiger partial charge in [-0.1, -0.05) is 23.7 Å². The van der Waals surface area contributed by atoms with Gasteiger partial charge in [-0.25, -0.2) is 0 Å². The molecule has 0 radical (unpaired) electrons. The van der Waals surface area contributed by atoms with E-state index in [9.17, 15) is 9.59 Å². The van der Waals surface area contributed by atoms with Crippen molar-refractivity contribution in [3.05, 3.63) is 59.0 Å². The van der Waals surface area contributed by atoms with Gasteiger partial charge in [0.05, 0.1) is 25.0 Å². The summed E-state index contributed by atoms with van der Waals surface area (Å²) in [5.41, 5.74) is 1.06. The number of amides is 2. The topological polar surface area (TPSA) is 66.2 Å². The number of morpholine rings is 1. The van der Waals surface area contributed by atoms with Crippen LogP contribution in [-0.4, -0.2) is 78.4 Å². The Labute approximate surface area is 181 Å². The summed E-state index contributed by atoms with van der Waals surface area (Å²) in [5, 5.41) is 0.694. The Morgan fingerprint density at radius 2 is 1.73 bits per heavy atom. The summed E-state index contributed by atoms with van der Waals surface area (Å²) >= 11 is 5.98. The lowest BCUT2D eigenvalue weighted by Crippen LogP contribution is -2.56. The molecule has 0 N–H and O–H groups in total. The molecular formula is C22H26ClN3O4. The molecule has 0 spiro atoms. The molecule has 160 valence electrons. The van der Waals surface area contributed by atoms with Crippen molar-refractivity contribution in [1.29, 1.82) is 0 Å². The number of rotatable bonds is 4. The van der Waals surface area contributed by atoms with Crippen LogP contribution >= 0.6 is 11.6 Å². The number of carbonyl (C=O) groups excluding carboxylic acids is 2. The van der Waals surface area contributed by atoms with Crippen LogP contribution in [-0.2, 0) is 9.53 Å². The summed E-state index contributed by atoms with van der Waals surface area (Å²) in [6.45, 7) is 5.98. The zero-order valence-corrected chi connectivity index (χ0v) is 17.8. The molecule has 2 aromatic rings. The van der Waals surface area contributed by atoms with Crippen molar-refractivity contribution in [3.63, 3.8) is 0 Å². The van der Waals surface area contributed by atoms with Gasteiger partial charge in [0, 0.05) is 44.3 Å². The van der Waals surface area contributed by atoms with Crippen molar-refractivity contribution in [2.45, 2.75) is 19.1 Å². The van der Waals surface area contributed by atoms with Crippen LogP contribution in [0, 0.1) is 0 Å². The lowest BCUT2D eigenvalue weighted by molar-refractivity contribution is -0.141. The molecule has 7 nitrogen and oxygen atoms in total. The molecule has 30 heavy (non-hydrogen) atoms. The van der Waals surface area contributed by atoms with Crippen LogP contribution in [0.2, 0.25) is 5.02 Å². The van der Waals surface area contributed by atoms with E-state index >= 15 is 0 Å². The average molecular weight is 432 g/mol. The summed E-state index contributed by atoms with van der Waals surface area (Å²) in [7, 11) is 0. The average Bonchev–Trinajstić information content (AvgIpc) is 3.33. The van der Waals surface area contributed by atoms with E-state index < -0.39 is 0 Å². The van der Waals surface area contributed by atoms with E-state index in [1.165, 1.54) is 6.26 Å². The summed E-state index contributed by atoms with van der Waals surface area (Å²) in [6.07, 6.45) is 1.42. The van der Waals surface area contributed by atoms with Crippen LogP contribution in [0.5, 0.6) is 0 Å². The lowest BCUT2D eigenvalue weighted by atomic mass is 10.1. The predicted octanol–water partition coefficient (Wildman–Crippen LogP) is 2.68. The Bertz CT molecular complexity index is 863. The summed E-state index contributed by atoms with van der Waals surface area (Å²) in [4.78, 5) is 31.3. The molecular weight excluding hydrogens is 406 g/mol. The van der Waals surface area contributed by atoms with Gasteiger partial charge < -0.3 is 19.0 Å². The highest BCUT2D eigenvalue weighted by Gasteiger charge is 2.33. The molecule has 2 aliphatic rings. The third kappa shape index (κ3) is 4.53. The van der Waals surface area contributed by atoms with Crippen molar-refractivity contribution in [2.24, 2.45) is 0 Å². The van der Waals surface area contributed by atoms with Gasteiger partial charge in [0.25, 0.3) is 5.91 Å².